The molecule has 2 aromatic carbocycles. The number of hydrogen-bond donors (Lipinski definition) is 1. The number of para-hydroxylation sites is 2. The molecule has 0 saturated carbocycles. The first-order valence-corrected chi connectivity index (χ1v) is 11.8. The van der Waals surface area contributed by atoms with E-state index < -0.39 is 11.2 Å². The van der Waals surface area contributed by atoms with Crippen LogP contribution in [-0.4, -0.2) is 68.3 Å². The third kappa shape index (κ3) is 3.74. The summed E-state index contributed by atoms with van der Waals surface area (Å²) < 4.78 is 1.44. The summed E-state index contributed by atoms with van der Waals surface area (Å²) in [5, 5.41) is 2.16. The van der Waals surface area contributed by atoms with Crippen LogP contribution in [0.1, 0.15) is 5.56 Å². The molecule has 2 aliphatic rings. The Morgan fingerprint density at radius 2 is 1.56 bits per heavy atom. The van der Waals surface area contributed by atoms with E-state index >= 15 is 0 Å². The fraction of sp³-hybridized carbons (Fsp3) is 0.240. The Bertz CT molecular complexity index is 1540. The molecule has 2 aliphatic heterocycles. The van der Waals surface area contributed by atoms with Crippen LogP contribution in [0.5, 0.6) is 0 Å². The molecule has 4 heterocycles. The van der Waals surface area contributed by atoms with E-state index in [2.05, 4.69) is 19.9 Å². The molecule has 6 rings (SSSR count). The predicted octanol–water partition coefficient (Wildman–Crippen LogP) is 1.46. The lowest BCUT2D eigenvalue weighted by atomic mass is 10.1. The number of anilines is 2. The highest BCUT2D eigenvalue weighted by Gasteiger charge is 2.32. The Morgan fingerprint density at radius 3 is 2.36 bits per heavy atom. The number of carbonyl (C=O) groups is 1. The number of urea groups is 1. The van der Waals surface area contributed by atoms with E-state index in [1.54, 1.807) is 52.6 Å². The van der Waals surface area contributed by atoms with Crippen molar-refractivity contribution in [1.82, 2.24) is 29.4 Å². The fourth-order valence-electron chi connectivity index (χ4n) is 4.86. The smallest absolute Gasteiger partial charge is 0.337 e. The zero-order valence-corrected chi connectivity index (χ0v) is 19.4. The predicted molar refractivity (Wildman–Crippen MR) is 135 cm³/mol. The molecule has 0 bridgehead atoms. The molecule has 0 aliphatic carbocycles. The molecule has 0 spiro atoms. The first-order chi connectivity index (χ1) is 17.6. The molecule has 0 radical (unpaired) electrons. The number of piperazine rings is 1. The third-order valence-corrected chi connectivity index (χ3v) is 6.62. The average Bonchev–Trinajstić information content (AvgIpc) is 2.93. The van der Waals surface area contributed by atoms with Crippen LogP contribution < -0.4 is 21.2 Å². The number of carbonyl (C=O) groups excluding carboxylic acids is 1. The second-order valence-corrected chi connectivity index (χ2v) is 8.76. The largest absolute Gasteiger partial charge is 0.348 e. The van der Waals surface area contributed by atoms with Crippen LogP contribution in [0.3, 0.4) is 0 Å². The molecule has 2 aromatic heterocycles. The molecule has 2 amide bonds. The monoisotopic (exact) mass is 484 g/mol. The fourth-order valence-corrected chi connectivity index (χ4v) is 4.86. The van der Waals surface area contributed by atoms with Crippen molar-refractivity contribution >= 4 is 28.6 Å². The molecule has 1 N–H and O–H groups in total. The van der Waals surface area contributed by atoms with E-state index in [0.29, 0.717) is 49.6 Å². The number of aromatic nitrogens is 4. The van der Waals surface area contributed by atoms with Crippen molar-refractivity contribution in [2.75, 3.05) is 42.8 Å². The Hall–Kier alpha value is -4.67. The van der Waals surface area contributed by atoms with E-state index in [1.165, 1.54) is 4.68 Å². The standard InChI is InChI=1S/C25H24N8O3/c34-22-19-7-2-4-9-21(19)33(24(35)28-22)32-17-31(16-18-6-1-3-8-20(18)32)25(36)30-14-12-29(13-15-30)23-26-10-5-11-27-23/h1-11H,12-17H2,(H,28,34,35). The summed E-state index contributed by atoms with van der Waals surface area (Å²) in [4.78, 5) is 55.7. The average molecular weight is 485 g/mol. The van der Waals surface area contributed by atoms with Gasteiger partial charge in [0.05, 0.1) is 23.1 Å². The summed E-state index contributed by atoms with van der Waals surface area (Å²) in [7, 11) is 0. The number of rotatable bonds is 2. The zero-order chi connectivity index (χ0) is 24.6. The first kappa shape index (κ1) is 21.8. The van der Waals surface area contributed by atoms with Gasteiger partial charge >= 0.3 is 11.7 Å². The van der Waals surface area contributed by atoms with Gasteiger partial charge in [-0.3, -0.25) is 14.8 Å². The minimum atomic E-state index is -0.556. The summed E-state index contributed by atoms with van der Waals surface area (Å²) >= 11 is 0. The van der Waals surface area contributed by atoms with Crippen LogP contribution in [-0.2, 0) is 6.54 Å². The van der Waals surface area contributed by atoms with E-state index in [0.717, 1.165) is 11.3 Å². The second kappa shape index (κ2) is 8.84. The summed E-state index contributed by atoms with van der Waals surface area (Å²) in [5.41, 5.74) is 1.21. The number of amides is 2. The highest BCUT2D eigenvalue weighted by atomic mass is 16.2. The van der Waals surface area contributed by atoms with Gasteiger partial charge in [0, 0.05) is 38.6 Å². The number of H-pyrrole nitrogens is 1. The molecule has 11 nitrogen and oxygen atoms in total. The van der Waals surface area contributed by atoms with Gasteiger partial charge < -0.3 is 14.7 Å². The van der Waals surface area contributed by atoms with Crippen molar-refractivity contribution < 1.29 is 4.79 Å². The Kier molecular flexibility index (Phi) is 5.36. The maximum atomic E-state index is 13.6. The van der Waals surface area contributed by atoms with Crippen molar-refractivity contribution in [2.24, 2.45) is 0 Å². The minimum Gasteiger partial charge on any atom is -0.337 e. The maximum Gasteiger partial charge on any atom is 0.348 e. The van der Waals surface area contributed by atoms with Crippen LogP contribution in [0.4, 0.5) is 16.4 Å². The van der Waals surface area contributed by atoms with Crippen molar-refractivity contribution in [3.63, 3.8) is 0 Å². The number of hydrogen-bond acceptors (Lipinski definition) is 7. The summed E-state index contributed by atoms with van der Waals surface area (Å²) in [5.74, 6) is 0.659. The minimum absolute atomic E-state index is 0.107. The summed E-state index contributed by atoms with van der Waals surface area (Å²) in [6, 6.07) is 16.3. The van der Waals surface area contributed by atoms with Crippen LogP contribution in [0.2, 0.25) is 0 Å². The summed E-state index contributed by atoms with van der Waals surface area (Å²) in [6.07, 6.45) is 3.42. The quantitative estimate of drug-likeness (QED) is 0.459. The third-order valence-electron chi connectivity index (χ3n) is 6.62. The van der Waals surface area contributed by atoms with E-state index in [9.17, 15) is 14.4 Å². The molecule has 4 aromatic rings. The van der Waals surface area contributed by atoms with E-state index in [-0.39, 0.29) is 12.7 Å². The molecule has 11 heteroatoms. The molecular formula is C25H24N8O3. The van der Waals surface area contributed by atoms with Gasteiger partial charge in [-0.15, -0.1) is 0 Å². The second-order valence-electron chi connectivity index (χ2n) is 8.76. The Balaban J connectivity index is 1.31. The van der Waals surface area contributed by atoms with Crippen LogP contribution in [0.15, 0.2) is 76.6 Å². The van der Waals surface area contributed by atoms with Gasteiger partial charge in [0.25, 0.3) is 5.56 Å². The number of benzene rings is 2. The van der Waals surface area contributed by atoms with Gasteiger partial charge in [0.15, 0.2) is 0 Å². The van der Waals surface area contributed by atoms with Gasteiger partial charge in [0.1, 0.15) is 6.67 Å². The number of fused-ring (bicyclic) bond motifs is 2. The maximum absolute atomic E-state index is 13.6. The molecule has 0 unspecified atom stereocenters. The van der Waals surface area contributed by atoms with Crippen LogP contribution >= 0.6 is 0 Å². The Labute approximate surface area is 205 Å². The van der Waals surface area contributed by atoms with Crippen molar-refractivity contribution in [3.05, 3.63) is 93.4 Å². The number of nitrogens with one attached hydrogen (secondary N) is 1. The SMILES string of the molecule is O=C(N1CCN(c2ncccn2)CC1)N1Cc2ccccc2N(n2c(=O)[nH]c(=O)c3ccccc32)C1. The number of aromatic amines is 1. The zero-order valence-electron chi connectivity index (χ0n) is 19.4. The van der Waals surface area contributed by atoms with Gasteiger partial charge in [-0.1, -0.05) is 30.3 Å². The van der Waals surface area contributed by atoms with Gasteiger partial charge in [-0.25, -0.2) is 19.6 Å². The normalized spacial score (nSPS) is 15.8. The van der Waals surface area contributed by atoms with Gasteiger partial charge in [-0.2, -0.15) is 4.68 Å². The van der Waals surface area contributed by atoms with Crippen molar-refractivity contribution in [2.45, 2.75) is 6.54 Å². The van der Waals surface area contributed by atoms with E-state index in [4.69, 9.17) is 0 Å². The van der Waals surface area contributed by atoms with Gasteiger partial charge in [0.2, 0.25) is 5.95 Å². The highest BCUT2D eigenvalue weighted by Crippen LogP contribution is 2.29. The molecular weight excluding hydrogens is 460 g/mol. The van der Waals surface area contributed by atoms with Crippen LogP contribution in [0, 0.1) is 0 Å². The number of nitrogens with zero attached hydrogens (tertiary/aromatic N) is 7. The summed E-state index contributed by atoms with van der Waals surface area (Å²) in [6.45, 7) is 2.92. The van der Waals surface area contributed by atoms with Crippen molar-refractivity contribution in [3.8, 4) is 0 Å². The van der Waals surface area contributed by atoms with Crippen molar-refractivity contribution in [1.29, 1.82) is 0 Å². The first-order valence-electron chi connectivity index (χ1n) is 11.8. The molecule has 182 valence electrons. The lowest BCUT2D eigenvalue weighted by Crippen LogP contribution is -2.57. The lowest BCUT2D eigenvalue weighted by molar-refractivity contribution is 0.143. The van der Waals surface area contributed by atoms with Crippen LogP contribution in [0.25, 0.3) is 10.9 Å². The van der Waals surface area contributed by atoms with Gasteiger partial charge in [-0.05, 0) is 29.8 Å². The molecule has 36 heavy (non-hydrogen) atoms. The lowest BCUT2D eigenvalue weighted by Gasteiger charge is -2.42. The topological polar surface area (TPSA) is 111 Å². The Morgan fingerprint density at radius 1 is 0.833 bits per heavy atom. The molecule has 0 atom stereocenters. The van der Waals surface area contributed by atoms with E-state index in [1.807, 2.05) is 29.2 Å². The molecule has 1 saturated heterocycles. The molecule has 1 fully saturated rings. The highest BCUT2D eigenvalue weighted by molar-refractivity contribution is 5.80.